The highest BCUT2D eigenvalue weighted by molar-refractivity contribution is 5.66. The summed E-state index contributed by atoms with van der Waals surface area (Å²) < 4.78 is 92.2. The van der Waals surface area contributed by atoms with Crippen LogP contribution in [0.5, 0.6) is 0 Å². The number of hydrogen-bond donors (Lipinski definition) is 0. The van der Waals surface area contributed by atoms with Crippen LogP contribution in [0.15, 0.2) is 24.3 Å². The minimum atomic E-state index is -5.24. The number of halogens is 7. The Morgan fingerprint density at radius 3 is 1.59 bits per heavy atom. The van der Waals surface area contributed by atoms with E-state index in [1.807, 2.05) is 0 Å². The number of benzene rings is 2. The number of hydrogen-bond acceptors (Lipinski definition) is 0. The Morgan fingerprint density at radius 1 is 0.773 bits per heavy atom. The van der Waals surface area contributed by atoms with E-state index in [0.29, 0.717) is 12.0 Å². The summed E-state index contributed by atoms with van der Waals surface area (Å²) in [5, 5.41) is 0. The standard InChI is InChI=1S/C15H9F7/c1-2-7-3-9(16)13(10(17)4-7)8-5-11(18)14(12(19)6-8)15(20,21)22/h3-6H,2H2,1H3. The van der Waals surface area contributed by atoms with E-state index in [2.05, 4.69) is 0 Å². The van der Waals surface area contributed by atoms with Crippen LogP contribution in [0, 0.1) is 23.3 Å². The van der Waals surface area contributed by atoms with E-state index in [4.69, 9.17) is 0 Å². The van der Waals surface area contributed by atoms with Crippen molar-refractivity contribution >= 4 is 0 Å². The van der Waals surface area contributed by atoms with Crippen molar-refractivity contribution in [2.24, 2.45) is 0 Å². The second-order valence-corrected chi connectivity index (χ2v) is 4.60. The molecular formula is C15H9F7. The lowest BCUT2D eigenvalue weighted by molar-refractivity contribution is -0.142. The van der Waals surface area contributed by atoms with Crippen molar-refractivity contribution < 1.29 is 30.7 Å². The zero-order valence-corrected chi connectivity index (χ0v) is 11.2. The third kappa shape index (κ3) is 2.93. The molecule has 0 saturated heterocycles. The molecule has 0 spiro atoms. The highest BCUT2D eigenvalue weighted by Crippen LogP contribution is 2.37. The molecule has 0 aliphatic rings. The smallest absolute Gasteiger partial charge is 0.206 e. The van der Waals surface area contributed by atoms with E-state index < -0.39 is 46.1 Å². The van der Waals surface area contributed by atoms with Crippen LogP contribution in [0.25, 0.3) is 11.1 Å². The molecule has 0 aliphatic heterocycles. The van der Waals surface area contributed by atoms with Gasteiger partial charge >= 0.3 is 6.18 Å². The molecule has 0 bridgehead atoms. The average Bonchev–Trinajstić information content (AvgIpc) is 2.35. The summed E-state index contributed by atoms with van der Waals surface area (Å²) >= 11 is 0. The van der Waals surface area contributed by atoms with Crippen LogP contribution < -0.4 is 0 Å². The van der Waals surface area contributed by atoms with Crippen LogP contribution in [0.1, 0.15) is 18.1 Å². The van der Waals surface area contributed by atoms with E-state index in [9.17, 15) is 30.7 Å². The molecule has 2 aromatic carbocycles. The fourth-order valence-electron chi connectivity index (χ4n) is 2.09. The van der Waals surface area contributed by atoms with Crippen molar-refractivity contribution in [1.29, 1.82) is 0 Å². The minimum Gasteiger partial charge on any atom is -0.206 e. The molecule has 0 saturated carbocycles. The highest BCUT2D eigenvalue weighted by Gasteiger charge is 2.38. The molecule has 0 N–H and O–H groups in total. The van der Waals surface area contributed by atoms with Crippen molar-refractivity contribution in [2.45, 2.75) is 19.5 Å². The van der Waals surface area contributed by atoms with Crippen LogP contribution in [-0.2, 0) is 12.6 Å². The quantitative estimate of drug-likeness (QED) is 0.641. The van der Waals surface area contributed by atoms with E-state index in [1.165, 1.54) is 0 Å². The molecule has 2 rings (SSSR count). The summed E-state index contributed by atoms with van der Waals surface area (Å²) in [4.78, 5) is 0. The van der Waals surface area contributed by atoms with Gasteiger partial charge in [-0.1, -0.05) is 6.92 Å². The Bertz CT molecular complexity index is 670. The molecule has 7 heteroatoms. The first-order valence-electron chi connectivity index (χ1n) is 6.19. The Balaban J connectivity index is 2.66. The first-order valence-corrected chi connectivity index (χ1v) is 6.19. The lowest BCUT2D eigenvalue weighted by Gasteiger charge is -2.12. The minimum absolute atomic E-state index is 0.263. The van der Waals surface area contributed by atoms with Gasteiger partial charge in [0.05, 0.1) is 5.56 Å². The van der Waals surface area contributed by atoms with Gasteiger partial charge in [0.25, 0.3) is 0 Å². The van der Waals surface area contributed by atoms with Gasteiger partial charge in [0.15, 0.2) is 0 Å². The summed E-state index contributed by atoms with van der Waals surface area (Å²) in [7, 11) is 0. The molecular weight excluding hydrogens is 313 g/mol. The van der Waals surface area contributed by atoms with Crippen molar-refractivity contribution in [3.63, 3.8) is 0 Å². The number of alkyl halides is 3. The molecule has 0 atom stereocenters. The van der Waals surface area contributed by atoms with Gasteiger partial charge < -0.3 is 0 Å². The first-order chi connectivity index (χ1) is 10.1. The van der Waals surface area contributed by atoms with Crippen molar-refractivity contribution in [2.75, 3.05) is 0 Å². The monoisotopic (exact) mass is 322 g/mol. The maximum Gasteiger partial charge on any atom is 0.422 e. The number of rotatable bonds is 2. The van der Waals surface area contributed by atoms with Gasteiger partial charge in [-0.2, -0.15) is 13.2 Å². The average molecular weight is 322 g/mol. The van der Waals surface area contributed by atoms with E-state index in [0.717, 1.165) is 12.1 Å². The molecule has 0 amide bonds. The zero-order valence-electron chi connectivity index (χ0n) is 11.2. The molecule has 0 heterocycles. The highest BCUT2D eigenvalue weighted by atomic mass is 19.4. The van der Waals surface area contributed by atoms with Crippen LogP contribution in [-0.4, -0.2) is 0 Å². The van der Waals surface area contributed by atoms with Gasteiger partial charge in [-0.15, -0.1) is 0 Å². The molecule has 0 unspecified atom stereocenters. The summed E-state index contributed by atoms with van der Waals surface area (Å²) in [6.07, 6.45) is -4.92. The molecule has 0 nitrogen and oxygen atoms in total. The van der Waals surface area contributed by atoms with E-state index >= 15 is 0 Å². The van der Waals surface area contributed by atoms with Crippen molar-refractivity contribution in [1.82, 2.24) is 0 Å². The summed E-state index contributed by atoms with van der Waals surface area (Å²) in [6.45, 7) is 1.64. The summed E-state index contributed by atoms with van der Waals surface area (Å²) in [5.41, 5.74) is -3.20. The largest absolute Gasteiger partial charge is 0.422 e. The summed E-state index contributed by atoms with van der Waals surface area (Å²) in [5.74, 6) is -6.06. The van der Waals surface area contributed by atoms with Gasteiger partial charge in [0.2, 0.25) is 0 Å². The predicted molar refractivity (Wildman–Crippen MR) is 66.1 cm³/mol. The second kappa shape index (κ2) is 5.62. The molecule has 118 valence electrons. The van der Waals surface area contributed by atoms with Gasteiger partial charge in [-0.25, -0.2) is 17.6 Å². The normalized spacial score (nSPS) is 11.8. The van der Waals surface area contributed by atoms with E-state index in [1.54, 1.807) is 6.92 Å². The third-order valence-corrected chi connectivity index (χ3v) is 3.12. The molecule has 0 fully saturated rings. The van der Waals surface area contributed by atoms with Gasteiger partial charge in [-0.05, 0) is 41.8 Å². The van der Waals surface area contributed by atoms with Crippen LogP contribution in [0.3, 0.4) is 0 Å². The fourth-order valence-corrected chi connectivity index (χ4v) is 2.09. The Hall–Kier alpha value is -2.05. The topological polar surface area (TPSA) is 0 Å². The Kier molecular flexibility index (Phi) is 4.17. The first kappa shape index (κ1) is 16.3. The van der Waals surface area contributed by atoms with Crippen LogP contribution in [0.2, 0.25) is 0 Å². The van der Waals surface area contributed by atoms with Gasteiger partial charge in [0, 0.05) is 0 Å². The van der Waals surface area contributed by atoms with Crippen LogP contribution >= 0.6 is 0 Å². The second-order valence-electron chi connectivity index (χ2n) is 4.60. The molecule has 22 heavy (non-hydrogen) atoms. The number of aryl methyl sites for hydroxylation is 1. The van der Waals surface area contributed by atoms with Gasteiger partial charge in [0.1, 0.15) is 28.8 Å². The maximum atomic E-state index is 13.9. The predicted octanol–water partition coefficient (Wildman–Crippen LogP) is 5.49. The molecule has 0 radical (unpaired) electrons. The molecule has 2 aromatic rings. The zero-order chi connectivity index (χ0) is 16.7. The lowest BCUT2D eigenvalue weighted by Crippen LogP contribution is -2.11. The Labute approximate surface area is 121 Å². The lowest BCUT2D eigenvalue weighted by atomic mass is 9.99. The Morgan fingerprint density at radius 2 is 1.23 bits per heavy atom. The molecule has 0 aliphatic carbocycles. The van der Waals surface area contributed by atoms with Crippen molar-refractivity contribution in [3.05, 3.63) is 58.7 Å². The van der Waals surface area contributed by atoms with Gasteiger partial charge in [-0.3, -0.25) is 0 Å². The van der Waals surface area contributed by atoms with Crippen LogP contribution in [0.4, 0.5) is 30.7 Å². The maximum absolute atomic E-state index is 13.9. The molecule has 0 aromatic heterocycles. The van der Waals surface area contributed by atoms with Crippen molar-refractivity contribution in [3.8, 4) is 11.1 Å². The SMILES string of the molecule is CCc1cc(F)c(-c2cc(F)c(C(F)(F)F)c(F)c2)c(F)c1. The fraction of sp³-hybridized carbons (Fsp3) is 0.200. The summed E-state index contributed by atoms with van der Waals surface area (Å²) in [6, 6.07) is 2.45. The van der Waals surface area contributed by atoms with E-state index in [-0.39, 0.29) is 12.1 Å². The third-order valence-electron chi connectivity index (χ3n) is 3.12.